The number of aliphatic hydroxyl groups excluding tert-OH is 1. The van der Waals surface area contributed by atoms with E-state index in [1.807, 2.05) is 27.7 Å². The van der Waals surface area contributed by atoms with Gasteiger partial charge in [0, 0.05) is 5.41 Å². The minimum Gasteiger partial charge on any atom is -0.391 e. The van der Waals surface area contributed by atoms with Crippen LogP contribution in [0.3, 0.4) is 0 Å². The Morgan fingerprint density at radius 1 is 1.33 bits per heavy atom. The number of nitrogens with zero attached hydrogens (tertiary/aromatic N) is 1. The van der Waals surface area contributed by atoms with Gasteiger partial charge in [0.15, 0.2) is 9.84 Å². The molecule has 0 saturated heterocycles. The van der Waals surface area contributed by atoms with Crippen LogP contribution in [0.15, 0.2) is 0 Å². The number of hydrogen-bond acceptors (Lipinski definition) is 5. The molecule has 1 rings (SSSR count). The van der Waals surface area contributed by atoms with E-state index in [1.165, 1.54) is 11.3 Å². The fourth-order valence-corrected chi connectivity index (χ4v) is 4.64. The molecule has 4 nitrogen and oxygen atoms in total. The van der Waals surface area contributed by atoms with Gasteiger partial charge in [-0.15, -0.1) is 11.3 Å². The zero-order valence-electron chi connectivity index (χ0n) is 11.4. The first-order valence-corrected chi connectivity index (χ1v) is 8.63. The van der Waals surface area contributed by atoms with Crippen molar-refractivity contribution < 1.29 is 13.5 Å². The Hall–Kier alpha value is -0.460. The summed E-state index contributed by atoms with van der Waals surface area (Å²) in [4.78, 5) is 5.17. The van der Waals surface area contributed by atoms with Gasteiger partial charge in [-0.1, -0.05) is 27.7 Å². The first-order chi connectivity index (χ1) is 8.19. The first-order valence-electron chi connectivity index (χ1n) is 6.00. The van der Waals surface area contributed by atoms with Gasteiger partial charge in [-0.25, -0.2) is 13.4 Å². The van der Waals surface area contributed by atoms with Crippen LogP contribution in [0.2, 0.25) is 0 Å². The number of hydrogen-bond donors (Lipinski definition) is 1. The predicted octanol–water partition coefficient (Wildman–Crippen LogP) is 2.26. The van der Waals surface area contributed by atoms with E-state index in [1.54, 1.807) is 0 Å². The van der Waals surface area contributed by atoms with Crippen LogP contribution in [0.4, 0.5) is 0 Å². The van der Waals surface area contributed by atoms with Crippen molar-refractivity contribution in [3.8, 4) is 0 Å². The molecule has 0 aliphatic heterocycles. The Morgan fingerprint density at radius 3 is 2.33 bits per heavy atom. The highest BCUT2D eigenvalue weighted by Gasteiger charge is 2.24. The van der Waals surface area contributed by atoms with Crippen LogP contribution in [0, 0.1) is 0 Å². The average Bonchev–Trinajstić information content (AvgIpc) is 2.59. The molecule has 0 spiro atoms. The van der Waals surface area contributed by atoms with Crippen molar-refractivity contribution in [1.82, 2.24) is 4.98 Å². The smallest absolute Gasteiger partial charge is 0.156 e. The molecule has 18 heavy (non-hydrogen) atoms. The van der Waals surface area contributed by atoms with Crippen LogP contribution < -0.4 is 0 Å². The molecule has 1 aromatic heterocycles. The zero-order chi connectivity index (χ0) is 14.0. The second-order valence-corrected chi connectivity index (χ2v) is 8.73. The van der Waals surface area contributed by atoms with Gasteiger partial charge >= 0.3 is 0 Å². The van der Waals surface area contributed by atoms with Crippen molar-refractivity contribution >= 4 is 21.2 Å². The Balaban J connectivity index is 3.03. The van der Waals surface area contributed by atoms with Gasteiger partial charge in [-0.3, -0.25) is 0 Å². The molecule has 1 N–H and O–H groups in total. The highest BCUT2D eigenvalue weighted by molar-refractivity contribution is 7.90. The topological polar surface area (TPSA) is 67.3 Å². The quantitative estimate of drug-likeness (QED) is 0.903. The molecule has 0 atom stereocenters. The fraction of sp³-hybridized carbons (Fsp3) is 0.750. The lowest BCUT2D eigenvalue weighted by molar-refractivity contribution is 0.282. The number of sulfone groups is 1. The largest absolute Gasteiger partial charge is 0.391 e. The maximum atomic E-state index is 11.8. The van der Waals surface area contributed by atoms with E-state index in [0.717, 1.165) is 10.6 Å². The van der Waals surface area contributed by atoms with E-state index >= 15 is 0 Å². The van der Waals surface area contributed by atoms with Gasteiger partial charge in [-0.2, -0.15) is 0 Å². The van der Waals surface area contributed by atoms with Gasteiger partial charge in [0.05, 0.1) is 22.9 Å². The number of aromatic nitrogens is 1. The second-order valence-electron chi connectivity index (χ2n) is 5.38. The van der Waals surface area contributed by atoms with Crippen LogP contribution in [0.1, 0.15) is 49.7 Å². The summed E-state index contributed by atoms with van der Waals surface area (Å²) in [6.45, 7) is 7.78. The molecule has 1 heterocycles. The van der Waals surface area contributed by atoms with Gasteiger partial charge < -0.3 is 5.11 Å². The Kier molecular flexibility index (Phi) is 4.91. The van der Waals surface area contributed by atoms with Gasteiger partial charge in [0.25, 0.3) is 0 Å². The highest BCUT2D eigenvalue weighted by atomic mass is 32.2. The third kappa shape index (κ3) is 4.03. The lowest BCUT2D eigenvalue weighted by Crippen LogP contribution is -2.14. The summed E-state index contributed by atoms with van der Waals surface area (Å²) in [6, 6.07) is 0. The first kappa shape index (κ1) is 15.6. The van der Waals surface area contributed by atoms with Crippen molar-refractivity contribution in [2.75, 3.05) is 5.75 Å². The second kappa shape index (κ2) is 5.67. The maximum absolute atomic E-state index is 11.8. The molecule has 0 aromatic carbocycles. The predicted molar refractivity (Wildman–Crippen MR) is 74.5 cm³/mol. The number of rotatable bonds is 5. The monoisotopic (exact) mass is 291 g/mol. The van der Waals surface area contributed by atoms with E-state index in [4.69, 9.17) is 0 Å². The summed E-state index contributed by atoms with van der Waals surface area (Å²) in [5.74, 6) is 0.167. The number of aliphatic hydroxyl groups is 1. The Morgan fingerprint density at radius 2 is 1.94 bits per heavy atom. The number of thiazole rings is 1. The van der Waals surface area contributed by atoms with Crippen molar-refractivity contribution in [3.05, 3.63) is 15.6 Å². The van der Waals surface area contributed by atoms with E-state index in [0.29, 0.717) is 11.4 Å². The standard InChI is InChI=1S/C12H21NO3S2/c1-5-6-18(15,16)8-10-13-11(12(2,3)4)9(7-14)17-10/h14H,5-8H2,1-4H3. The molecule has 0 saturated carbocycles. The Bertz CT molecular complexity index is 498. The average molecular weight is 291 g/mol. The van der Waals surface area contributed by atoms with Crippen LogP contribution in [0.25, 0.3) is 0 Å². The molecular formula is C12H21NO3S2. The third-order valence-corrected chi connectivity index (χ3v) is 5.42. The minimum atomic E-state index is -3.08. The van der Waals surface area contributed by atoms with E-state index in [2.05, 4.69) is 4.98 Å². The summed E-state index contributed by atoms with van der Waals surface area (Å²) in [7, 11) is -3.08. The highest BCUT2D eigenvalue weighted by Crippen LogP contribution is 2.30. The molecule has 0 aliphatic carbocycles. The molecule has 0 radical (unpaired) electrons. The third-order valence-electron chi connectivity index (χ3n) is 2.45. The van der Waals surface area contributed by atoms with Crippen molar-refractivity contribution in [2.45, 2.75) is 51.9 Å². The summed E-state index contributed by atoms with van der Waals surface area (Å²) in [5, 5.41) is 9.90. The molecule has 0 amide bonds. The molecule has 6 heteroatoms. The van der Waals surface area contributed by atoms with E-state index in [9.17, 15) is 13.5 Å². The van der Waals surface area contributed by atoms with Gasteiger partial charge in [-0.05, 0) is 6.42 Å². The van der Waals surface area contributed by atoms with E-state index < -0.39 is 9.84 Å². The fourth-order valence-electron chi connectivity index (χ4n) is 1.73. The van der Waals surface area contributed by atoms with Crippen LogP contribution in [0.5, 0.6) is 0 Å². The van der Waals surface area contributed by atoms with Crippen molar-refractivity contribution in [1.29, 1.82) is 0 Å². The molecule has 0 aliphatic rings. The lowest BCUT2D eigenvalue weighted by atomic mass is 9.91. The van der Waals surface area contributed by atoms with Crippen molar-refractivity contribution in [3.63, 3.8) is 0 Å². The SMILES string of the molecule is CCCS(=O)(=O)Cc1nc(C(C)(C)C)c(CO)s1. The van der Waals surface area contributed by atoms with Crippen molar-refractivity contribution in [2.24, 2.45) is 0 Å². The molecular weight excluding hydrogens is 270 g/mol. The summed E-state index contributed by atoms with van der Waals surface area (Å²) >= 11 is 1.30. The molecule has 0 bridgehead atoms. The van der Waals surface area contributed by atoms with Crippen LogP contribution >= 0.6 is 11.3 Å². The molecule has 104 valence electrons. The van der Waals surface area contributed by atoms with E-state index in [-0.39, 0.29) is 23.5 Å². The maximum Gasteiger partial charge on any atom is 0.156 e. The molecule has 0 fully saturated rings. The minimum absolute atomic E-state index is 0.0193. The Labute approximate surface area is 113 Å². The summed E-state index contributed by atoms with van der Waals surface area (Å²) in [6.07, 6.45) is 0.618. The zero-order valence-corrected chi connectivity index (χ0v) is 13.0. The van der Waals surface area contributed by atoms with Crippen LogP contribution in [-0.4, -0.2) is 24.3 Å². The summed E-state index contributed by atoms with van der Waals surface area (Å²) in [5.41, 5.74) is 0.623. The van der Waals surface area contributed by atoms with Gasteiger partial charge in [0.1, 0.15) is 10.8 Å². The lowest BCUT2D eigenvalue weighted by Gasteiger charge is -2.16. The molecule has 0 unspecified atom stereocenters. The van der Waals surface area contributed by atoms with Gasteiger partial charge in [0.2, 0.25) is 0 Å². The molecule has 1 aromatic rings. The van der Waals surface area contributed by atoms with Crippen LogP contribution in [-0.2, 0) is 27.6 Å². The summed E-state index contributed by atoms with van der Waals surface area (Å²) < 4.78 is 23.5. The normalized spacial score (nSPS) is 12.9.